The van der Waals surface area contributed by atoms with Gasteiger partial charge in [0.2, 0.25) is 0 Å². The second-order valence-electron chi connectivity index (χ2n) is 4.61. The van der Waals surface area contributed by atoms with Crippen molar-refractivity contribution >= 4 is 9.84 Å². The van der Waals surface area contributed by atoms with Gasteiger partial charge < -0.3 is 10.6 Å². The summed E-state index contributed by atoms with van der Waals surface area (Å²) in [5.74, 6) is 0.648. The van der Waals surface area contributed by atoms with Gasteiger partial charge >= 0.3 is 0 Å². The Hall–Kier alpha value is -0.130. The van der Waals surface area contributed by atoms with Crippen molar-refractivity contribution in [2.75, 3.05) is 31.1 Å². The summed E-state index contributed by atoms with van der Waals surface area (Å²) < 4.78 is 22.3. The second-order valence-corrected chi connectivity index (χ2v) is 6.91. The van der Waals surface area contributed by atoms with E-state index in [4.69, 9.17) is 5.73 Å². The maximum atomic E-state index is 11.2. The third kappa shape index (κ3) is 2.68. The van der Waals surface area contributed by atoms with Crippen LogP contribution in [-0.2, 0) is 9.84 Å². The second kappa shape index (κ2) is 3.47. The van der Waals surface area contributed by atoms with E-state index in [1.807, 2.05) is 0 Å². The molecule has 0 atom stereocenters. The summed E-state index contributed by atoms with van der Waals surface area (Å²) in [6.45, 7) is 2.35. The molecule has 4 nitrogen and oxygen atoms in total. The number of nitrogens with two attached hydrogens (primary N) is 1. The highest BCUT2D eigenvalue weighted by atomic mass is 32.2. The molecule has 5 heteroatoms. The van der Waals surface area contributed by atoms with Gasteiger partial charge in [-0.25, -0.2) is 8.42 Å². The van der Waals surface area contributed by atoms with Crippen LogP contribution in [0.25, 0.3) is 0 Å². The molecular weight excluding hydrogens is 200 g/mol. The SMILES string of the molecule is NC1(CCN2CCS(=O)(=O)CC2)CC1. The van der Waals surface area contributed by atoms with Crippen molar-refractivity contribution < 1.29 is 8.42 Å². The molecule has 0 aromatic carbocycles. The minimum absolute atomic E-state index is 0.0936. The summed E-state index contributed by atoms with van der Waals surface area (Å²) >= 11 is 0. The molecule has 1 aliphatic carbocycles. The number of sulfone groups is 1. The van der Waals surface area contributed by atoms with Gasteiger partial charge in [-0.15, -0.1) is 0 Å². The van der Waals surface area contributed by atoms with Crippen LogP contribution in [-0.4, -0.2) is 50.0 Å². The zero-order valence-corrected chi connectivity index (χ0v) is 9.22. The number of hydrogen-bond acceptors (Lipinski definition) is 4. The molecular formula is C9H18N2O2S. The highest BCUT2D eigenvalue weighted by molar-refractivity contribution is 7.91. The largest absolute Gasteiger partial charge is 0.325 e. The molecule has 14 heavy (non-hydrogen) atoms. The van der Waals surface area contributed by atoms with E-state index in [0.29, 0.717) is 24.6 Å². The Labute approximate surface area is 85.4 Å². The normalized spacial score (nSPS) is 30.1. The van der Waals surface area contributed by atoms with Gasteiger partial charge in [0.05, 0.1) is 11.5 Å². The van der Waals surface area contributed by atoms with Crippen molar-refractivity contribution in [1.29, 1.82) is 0 Å². The predicted molar refractivity (Wildman–Crippen MR) is 55.9 cm³/mol. The molecule has 0 aromatic rings. The summed E-state index contributed by atoms with van der Waals surface area (Å²) in [7, 11) is -2.73. The van der Waals surface area contributed by atoms with Crippen molar-refractivity contribution in [3.8, 4) is 0 Å². The molecule has 2 fully saturated rings. The molecule has 2 N–H and O–H groups in total. The summed E-state index contributed by atoms with van der Waals surface area (Å²) in [5.41, 5.74) is 6.07. The highest BCUT2D eigenvalue weighted by Crippen LogP contribution is 2.35. The smallest absolute Gasteiger partial charge is 0.152 e. The minimum atomic E-state index is -2.73. The highest BCUT2D eigenvalue weighted by Gasteiger charge is 2.38. The van der Waals surface area contributed by atoms with E-state index < -0.39 is 9.84 Å². The van der Waals surface area contributed by atoms with E-state index in [9.17, 15) is 8.42 Å². The van der Waals surface area contributed by atoms with Crippen molar-refractivity contribution in [2.45, 2.75) is 24.8 Å². The summed E-state index contributed by atoms with van der Waals surface area (Å²) in [5, 5.41) is 0. The first-order valence-electron chi connectivity index (χ1n) is 5.21. The van der Waals surface area contributed by atoms with Gasteiger partial charge in [0.1, 0.15) is 0 Å². The Kier molecular flexibility index (Phi) is 2.57. The van der Waals surface area contributed by atoms with Crippen LogP contribution in [0.5, 0.6) is 0 Å². The Morgan fingerprint density at radius 2 is 1.79 bits per heavy atom. The molecule has 1 heterocycles. The first kappa shape index (κ1) is 10.4. The van der Waals surface area contributed by atoms with Gasteiger partial charge in [-0.3, -0.25) is 0 Å². The van der Waals surface area contributed by atoms with Gasteiger partial charge in [-0.2, -0.15) is 0 Å². The van der Waals surface area contributed by atoms with Gasteiger partial charge in [0, 0.05) is 18.6 Å². The molecule has 1 saturated heterocycles. The maximum absolute atomic E-state index is 11.2. The van der Waals surface area contributed by atoms with E-state index in [2.05, 4.69) is 4.90 Å². The lowest BCUT2D eigenvalue weighted by Crippen LogP contribution is -2.42. The Balaban J connectivity index is 1.73. The van der Waals surface area contributed by atoms with Gasteiger partial charge in [0.25, 0.3) is 0 Å². The van der Waals surface area contributed by atoms with Crippen LogP contribution >= 0.6 is 0 Å². The van der Waals surface area contributed by atoms with Crippen LogP contribution < -0.4 is 5.73 Å². The monoisotopic (exact) mass is 218 g/mol. The first-order valence-corrected chi connectivity index (χ1v) is 7.03. The molecule has 0 aromatic heterocycles. The van der Waals surface area contributed by atoms with Crippen LogP contribution in [0.2, 0.25) is 0 Å². The van der Waals surface area contributed by atoms with Crippen molar-refractivity contribution in [1.82, 2.24) is 4.90 Å². The maximum Gasteiger partial charge on any atom is 0.152 e. The number of rotatable bonds is 3. The lowest BCUT2D eigenvalue weighted by molar-refractivity contribution is 0.280. The van der Waals surface area contributed by atoms with E-state index in [0.717, 1.165) is 25.8 Å². The van der Waals surface area contributed by atoms with E-state index >= 15 is 0 Å². The summed E-state index contributed by atoms with van der Waals surface area (Å²) in [6, 6.07) is 0. The van der Waals surface area contributed by atoms with E-state index in [-0.39, 0.29) is 5.54 Å². The minimum Gasteiger partial charge on any atom is -0.325 e. The molecule has 0 radical (unpaired) electrons. The Morgan fingerprint density at radius 3 is 2.29 bits per heavy atom. The fourth-order valence-corrected chi connectivity index (χ4v) is 3.04. The molecule has 0 spiro atoms. The zero-order chi connectivity index (χ0) is 10.2. The average Bonchev–Trinajstić information content (AvgIpc) is 2.83. The summed E-state index contributed by atoms with van der Waals surface area (Å²) in [6.07, 6.45) is 3.30. The van der Waals surface area contributed by atoms with Crippen molar-refractivity contribution in [3.63, 3.8) is 0 Å². The third-order valence-electron chi connectivity index (χ3n) is 3.26. The van der Waals surface area contributed by atoms with Gasteiger partial charge in [-0.05, 0) is 25.8 Å². The average molecular weight is 218 g/mol. The Bertz CT molecular complexity index is 295. The van der Waals surface area contributed by atoms with Crippen molar-refractivity contribution in [3.05, 3.63) is 0 Å². The quantitative estimate of drug-likeness (QED) is 0.700. The molecule has 82 valence electrons. The zero-order valence-electron chi connectivity index (χ0n) is 8.41. The van der Waals surface area contributed by atoms with E-state index in [1.54, 1.807) is 0 Å². The van der Waals surface area contributed by atoms with Crippen LogP contribution in [0.15, 0.2) is 0 Å². The topological polar surface area (TPSA) is 63.4 Å². The molecule has 0 unspecified atom stereocenters. The molecule has 0 bridgehead atoms. The van der Waals surface area contributed by atoms with Crippen LogP contribution in [0, 0.1) is 0 Å². The van der Waals surface area contributed by atoms with Crippen LogP contribution in [0.3, 0.4) is 0 Å². The Morgan fingerprint density at radius 1 is 1.21 bits per heavy atom. The molecule has 0 amide bonds. The van der Waals surface area contributed by atoms with Crippen molar-refractivity contribution in [2.24, 2.45) is 5.73 Å². The lowest BCUT2D eigenvalue weighted by atomic mass is 10.2. The molecule has 1 saturated carbocycles. The fraction of sp³-hybridized carbons (Fsp3) is 1.00. The predicted octanol–water partition coefficient (Wildman–Crippen LogP) is -0.402. The fourth-order valence-electron chi connectivity index (χ4n) is 1.77. The van der Waals surface area contributed by atoms with Crippen LogP contribution in [0.1, 0.15) is 19.3 Å². The lowest BCUT2D eigenvalue weighted by Gasteiger charge is -2.27. The molecule has 2 aliphatic rings. The van der Waals surface area contributed by atoms with Gasteiger partial charge in [-0.1, -0.05) is 0 Å². The third-order valence-corrected chi connectivity index (χ3v) is 4.86. The molecule has 2 rings (SSSR count). The summed E-state index contributed by atoms with van der Waals surface area (Å²) in [4.78, 5) is 2.22. The van der Waals surface area contributed by atoms with Crippen LogP contribution in [0.4, 0.5) is 0 Å². The number of hydrogen-bond donors (Lipinski definition) is 1. The van der Waals surface area contributed by atoms with E-state index in [1.165, 1.54) is 0 Å². The standard InChI is InChI=1S/C9H18N2O2S/c10-9(1-2-9)3-4-11-5-7-14(12,13)8-6-11/h1-8,10H2. The molecule has 1 aliphatic heterocycles. The van der Waals surface area contributed by atoms with Gasteiger partial charge in [0.15, 0.2) is 9.84 Å². The number of nitrogens with zero attached hydrogens (tertiary/aromatic N) is 1. The first-order chi connectivity index (χ1) is 6.49.